The molecule has 0 unspecified atom stereocenters. The van der Waals surface area contributed by atoms with Crippen LogP contribution < -0.4 is 16.4 Å². The summed E-state index contributed by atoms with van der Waals surface area (Å²) >= 11 is 0. The highest BCUT2D eigenvalue weighted by Crippen LogP contribution is 2.14. The van der Waals surface area contributed by atoms with Crippen molar-refractivity contribution < 1.29 is 9.59 Å². The molecule has 2 amide bonds. The van der Waals surface area contributed by atoms with Crippen molar-refractivity contribution in [2.75, 3.05) is 19.3 Å². The van der Waals surface area contributed by atoms with Crippen LogP contribution in [0.25, 0.3) is 0 Å². The fourth-order valence-electron chi connectivity index (χ4n) is 1.28. The summed E-state index contributed by atoms with van der Waals surface area (Å²) in [5.74, 6) is -0.685. The molecular formula is C9H15N5O2. The minimum absolute atomic E-state index is 0.0843. The topological polar surface area (TPSA) is 102 Å². The molecule has 88 valence electrons. The predicted octanol–water partition coefficient (Wildman–Crippen LogP) is -1.21. The lowest BCUT2D eigenvalue weighted by Crippen LogP contribution is -2.36. The summed E-state index contributed by atoms with van der Waals surface area (Å²) in [6.45, 7) is 1.63. The highest BCUT2D eigenvalue weighted by molar-refractivity contribution is 5.99. The van der Waals surface area contributed by atoms with Crippen molar-refractivity contribution in [3.8, 4) is 0 Å². The number of carbonyl (C=O) groups excluding carboxylic acids is 2. The molecule has 1 aromatic rings. The van der Waals surface area contributed by atoms with Crippen LogP contribution >= 0.6 is 0 Å². The number of aryl methyl sites for hydroxylation is 2. The summed E-state index contributed by atoms with van der Waals surface area (Å²) in [5, 5.41) is 8.86. The van der Waals surface area contributed by atoms with Gasteiger partial charge in [0.2, 0.25) is 5.91 Å². The Bertz CT molecular complexity index is 424. The number of aromatic nitrogens is 2. The number of anilines is 1. The van der Waals surface area contributed by atoms with E-state index in [4.69, 9.17) is 5.73 Å². The van der Waals surface area contributed by atoms with Crippen molar-refractivity contribution in [2.24, 2.45) is 7.05 Å². The summed E-state index contributed by atoms with van der Waals surface area (Å²) in [7, 11) is 3.12. The third-order valence-electron chi connectivity index (χ3n) is 2.17. The van der Waals surface area contributed by atoms with Crippen molar-refractivity contribution in [3.05, 3.63) is 11.4 Å². The normalized spacial score (nSPS) is 9.94. The Hall–Kier alpha value is -2.05. The van der Waals surface area contributed by atoms with Gasteiger partial charge in [-0.2, -0.15) is 5.10 Å². The third kappa shape index (κ3) is 2.30. The van der Waals surface area contributed by atoms with Crippen molar-refractivity contribution in [3.63, 3.8) is 0 Å². The van der Waals surface area contributed by atoms with Crippen LogP contribution in [0.2, 0.25) is 0 Å². The van der Waals surface area contributed by atoms with E-state index in [1.807, 2.05) is 0 Å². The molecule has 1 rings (SSSR count). The average Bonchev–Trinajstić information content (AvgIpc) is 2.49. The van der Waals surface area contributed by atoms with Gasteiger partial charge in [0.1, 0.15) is 5.69 Å². The Morgan fingerprint density at radius 3 is 2.56 bits per heavy atom. The second-order valence-corrected chi connectivity index (χ2v) is 3.33. The van der Waals surface area contributed by atoms with Crippen LogP contribution in [-0.2, 0) is 11.8 Å². The lowest BCUT2D eigenvalue weighted by Gasteiger charge is -2.05. The molecule has 0 saturated heterocycles. The van der Waals surface area contributed by atoms with E-state index < -0.39 is 5.91 Å². The van der Waals surface area contributed by atoms with Gasteiger partial charge in [-0.1, -0.05) is 0 Å². The van der Waals surface area contributed by atoms with Gasteiger partial charge in [-0.15, -0.1) is 0 Å². The summed E-state index contributed by atoms with van der Waals surface area (Å²) < 4.78 is 1.39. The van der Waals surface area contributed by atoms with E-state index in [0.29, 0.717) is 11.4 Å². The largest absolute Gasteiger partial charge is 0.395 e. The number of rotatable bonds is 3. The Kier molecular flexibility index (Phi) is 3.49. The molecule has 0 saturated carbocycles. The van der Waals surface area contributed by atoms with E-state index in [1.54, 1.807) is 14.0 Å². The molecule has 0 aromatic carbocycles. The molecule has 0 bridgehead atoms. The van der Waals surface area contributed by atoms with Gasteiger partial charge in [-0.3, -0.25) is 14.3 Å². The first-order chi connectivity index (χ1) is 7.47. The van der Waals surface area contributed by atoms with Crippen molar-refractivity contribution in [2.45, 2.75) is 6.92 Å². The molecule has 0 aliphatic rings. The molecule has 0 aliphatic carbocycles. The molecule has 1 heterocycles. The highest BCUT2D eigenvalue weighted by atomic mass is 16.2. The minimum Gasteiger partial charge on any atom is -0.395 e. The second-order valence-electron chi connectivity index (χ2n) is 3.33. The maximum absolute atomic E-state index is 11.7. The van der Waals surface area contributed by atoms with Crippen LogP contribution in [0.1, 0.15) is 16.2 Å². The molecule has 0 radical (unpaired) electrons. The van der Waals surface area contributed by atoms with Crippen LogP contribution in [0.3, 0.4) is 0 Å². The molecule has 7 heteroatoms. The maximum atomic E-state index is 11.7. The Balaban J connectivity index is 2.77. The number of nitrogens with zero attached hydrogens (tertiary/aromatic N) is 2. The number of likely N-dealkylation sites (N-methyl/N-ethyl adjacent to an activating group) is 1. The zero-order valence-electron chi connectivity index (χ0n) is 9.50. The lowest BCUT2D eigenvalue weighted by atomic mass is 10.3. The zero-order valence-corrected chi connectivity index (χ0v) is 9.50. The number of amides is 2. The van der Waals surface area contributed by atoms with Gasteiger partial charge in [0, 0.05) is 14.1 Å². The second kappa shape index (κ2) is 4.65. The van der Waals surface area contributed by atoms with Crippen molar-refractivity contribution in [1.82, 2.24) is 20.4 Å². The minimum atomic E-state index is -0.413. The molecule has 16 heavy (non-hydrogen) atoms. The maximum Gasteiger partial charge on any atom is 0.272 e. The average molecular weight is 225 g/mol. The van der Waals surface area contributed by atoms with Crippen LogP contribution in [0.15, 0.2) is 0 Å². The zero-order chi connectivity index (χ0) is 12.3. The quantitative estimate of drug-likeness (QED) is 0.600. The Labute approximate surface area is 93.0 Å². The van der Waals surface area contributed by atoms with Crippen LogP contribution in [-0.4, -0.2) is 35.2 Å². The molecule has 0 aliphatic heterocycles. The van der Waals surface area contributed by atoms with Gasteiger partial charge in [0.15, 0.2) is 0 Å². The van der Waals surface area contributed by atoms with Gasteiger partial charge < -0.3 is 16.4 Å². The van der Waals surface area contributed by atoms with E-state index >= 15 is 0 Å². The summed E-state index contributed by atoms with van der Waals surface area (Å²) in [5.41, 5.74) is 6.88. The molecule has 0 atom stereocenters. The molecule has 1 aromatic heterocycles. The van der Waals surface area contributed by atoms with Crippen LogP contribution in [0.4, 0.5) is 5.69 Å². The van der Waals surface area contributed by atoms with Gasteiger partial charge in [0.05, 0.1) is 17.9 Å². The van der Waals surface area contributed by atoms with E-state index in [0.717, 1.165) is 0 Å². The summed E-state index contributed by atoms with van der Waals surface area (Å²) in [6.07, 6.45) is 0. The van der Waals surface area contributed by atoms with Gasteiger partial charge in [-0.25, -0.2) is 0 Å². The first-order valence-electron chi connectivity index (χ1n) is 4.75. The predicted molar refractivity (Wildman–Crippen MR) is 58.8 cm³/mol. The van der Waals surface area contributed by atoms with Crippen LogP contribution in [0.5, 0.6) is 0 Å². The standard InChI is InChI=1S/C9H15N5O2/c1-5-7(10)8(14(3)13-5)9(16)12-4-6(15)11-2/h4,10H2,1-3H3,(H,11,15)(H,12,16). The fraction of sp³-hybridized carbons (Fsp3) is 0.444. The first kappa shape index (κ1) is 12.0. The number of nitrogens with two attached hydrogens (primary N) is 1. The molecular weight excluding hydrogens is 210 g/mol. The molecule has 4 N–H and O–H groups in total. The Morgan fingerprint density at radius 2 is 2.12 bits per heavy atom. The number of hydrogen-bond acceptors (Lipinski definition) is 4. The number of carbonyl (C=O) groups is 2. The highest BCUT2D eigenvalue weighted by Gasteiger charge is 2.17. The molecule has 7 nitrogen and oxygen atoms in total. The van der Waals surface area contributed by atoms with Crippen LogP contribution in [0, 0.1) is 6.92 Å². The van der Waals surface area contributed by atoms with Crippen molar-refractivity contribution in [1.29, 1.82) is 0 Å². The lowest BCUT2D eigenvalue weighted by molar-refractivity contribution is -0.119. The van der Waals surface area contributed by atoms with Crippen molar-refractivity contribution >= 4 is 17.5 Å². The van der Waals surface area contributed by atoms with E-state index in [-0.39, 0.29) is 18.1 Å². The number of nitrogen functional groups attached to an aromatic ring is 1. The van der Waals surface area contributed by atoms with E-state index in [9.17, 15) is 9.59 Å². The fourth-order valence-corrected chi connectivity index (χ4v) is 1.28. The SMILES string of the molecule is CNC(=O)CNC(=O)c1c(N)c(C)nn1C. The smallest absolute Gasteiger partial charge is 0.272 e. The van der Waals surface area contributed by atoms with E-state index in [1.165, 1.54) is 11.7 Å². The van der Waals surface area contributed by atoms with Gasteiger partial charge in [-0.05, 0) is 6.92 Å². The Morgan fingerprint density at radius 1 is 1.50 bits per heavy atom. The molecule has 0 fully saturated rings. The summed E-state index contributed by atoms with van der Waals surface area (Å²) in [4.78, 5) is 22.6. The number of hydrogen-bond donors (Lipinski definition) is 3. The first-order valence-corrected chi connectivity index (χ1v) is 4.75. The van der Waals surface area contributed by atoms with Gasteiger partial charge >= 0.3 is 0 Å². The molecule has 0 spiro atoms. The summed E-state index contributed by atoms with van der Waals surface area (Å²) in [6, 6.07) is 0. The monoisotopic (exact) mass is 225 g/mol. The van der Waals surface area contributed by atoms with E-state index in [2.05, 4.69) is 15.7 Å². The number of nitrogens with one attached hydrogen (secondary N) is 2. The van der Waals surface area contributed by atoms with Gasteiger partial charge in [0.25, 0.3) is 5.91 Å². The third-order valence-corrected chi connectivity index (χ3v) is 2.17.